The van der Waals surface area contributed by atoms with Crippen LogP contribution in [0.25, 0.3) is 0 Å². The molecule has 0 aliphatic carbocycles. The molecule has 3 heterocycles. The molecule has 1 aromatic carbocycles. The van der Waals surface area contributed by atoms with Gasteiger partial charge in [-0.15, -0.1) is 11.3 Å². The number of halogens is 1. The largest absolute Gasteiger partial charge is 0.341 e. The Kier molecular flexibility index (Phi) is 7.19. The molecule has 6 nitrogen and oxygen atoms in total. The standard InChI is InChI=1S/C24H28FN3O3S/c25-19-8-3-2-7-18(19)22(29)26-21(24(31)27-12-4-1-5-13-27)17-10-14-28(15-11-17)23(30)20-9-6-16-32-20/h2-3,6-9,16-17,21H,1,4-5,10-15H2,(H,26,29). The predicted molar refractivity (Wildman–Crippen MR) is 121 cm³/mol. The second kappa shape index (κ2) is 10.3. The first kappa shape index (κ1) is 22.5. The maximum absolute atomic E-state index is 14.2. The van der Waals surface area contributed by atoms with E-state index in [-0.39, 0.29) is 23.3 Å². The normalized spacial score (nSPS) is 18.3. The highest BCUT2D eigenvalue weighted by Gasteiger charge is 2.37. The summed E-state index contributed by atoms with van der Waals surface area (Å²) in [5, 5.41) is 4.72. The average molecular weight is 458 g/mol. The van der Waals surface area contributed by atoms with Crippen LogP contribution in [0.15, 0.2) is 41.8 Å². The second-order valence-electron chi connectivity index (χ2n) is 8.42. The highest BCUT2D eigenvalue weighted by atomic mass is 32.1. The molecule has 1 atom stereocenters. The van der Waals surface area contributed by atoms with E-state index in [9.17, 15) is 18.8 Å². The number of hydrogen-bond acceptors (Lipinski definition) is 4. The van der Waals surface area contributed by atoms with Gasteiger partial charge in [-0.25, -0.2) is 4.39 Å². The minimum absolute atomic E-state index is 0.00718. The molecule has 3 amide bonds. The number of benzene rings is 1. The van der Waals surface area contributed by atoms with Crippen LogP contribution in [-0.2, 0) is 4.79 Å². The molecule has 0 saturated carbocycles. The van der Waals surface area contributed by atoms with Gasteiger partial charge in [-0.1, -0.05) is 18.2 Å². The summed E-state index contributed by atoms with van der Waals surface area (Å²) in [5.41, 5.74) is -0.0609. The molecular weight excluding hydrogens is 429 g/mol. The van der Waals surface area contributed by atoms with Crippen molar-refractivity contribution in [1.82, 2.24) is 15.1 Å². The number of hydrogen-bond donors (Lipinski definition) is 1. The molecule has 0 radical (unpaired) electrons. The predicted octanol–water partition coefficient (Wildman–Crippen LogP) is 3.55. The molecule has 1 N–H and O–H groups in total. The van der Waals surface area contributed by atoms with Crippen LogP contribution in [-0.4, -0.2) is 59.7 Å². The molecular formula is C24H28FN3O3S. The van der Waals surface area contributed by atoms with Crippen molar-refractivity contribution in [2.45, 2.75) is 38.1 Å². The number of nitrogens with zero attached hydrogens (tertiary/aromatic N) is 2. The van der Waals surface area contributed by atoms with Crippen molar-refractivity contribution in [1.29, 1.82) is 0 Å². The Hall–Kier alpha value is -2.74. The van der Waals surface area contributed by atoms with E-state index >= 15 is 0 Å². The first-order valence-electron chi connectivity index (χ1n) is 11.2. The Labute approximate surface area is 191 Å². The van der Waals surface area contributed by atoms with Crippen LogP contribution >= 0.6 is 11.3 Å². The summed E-state index contributed by atoms with van der Waals surface area (Å²) in [6.45, 7) is 2.42. The number of rotatable bonds is 5. The number of likely N-dealkylation sites (tertiary alicyclic amines) is 2. The van der Waals surface area contributed by atoms with E-state index in [2.05, 4.69) is 5.32 Å². The molecule has 0 bridgehead atoms. The van der Waals surface area contributed by atoms with E-state index in [1.165, 1.54) is 29.5 Å². The molecule has 8 heteroatoms. The molecule has 2 aromatic rings. The lowest BCUT2D eigenvalue weighted by molar-refractivity contribution is -0.136. The second-order valence-corrected chi connectivity index (χ2v) is 9.37. The summed E-state index contributed by atoms with van der Waals surface area (Å²) >= 11 is 1.42. The number of amides is 3. The van der Waals surface area contributed by atoms with Crippen molar-refractivity contribution in [3.05, 3.63) is 58.0 Å². The summed E-state index contributed by atoms with van der Waals surface area (Å²) < 4.78 is 14.2. The van der Waals surface area contributed by atoms with Gasteiger partial charge in [0, 0.05) is 26.2 Å². The summed E-state index contributed by atoms with van der Waals surface area (Å²) in [7, 11) is 0. The third-order valence-corrected chi connectivity index (χ3v) is 7.23. The highest BCUT2D eigenvalue weighted by molar-refractivity contribution is 7.12. The van der Waals surface area contributed by atoms with Crippen LogP contribution in [0.4, 0.5) is 4.39 Å². The maximum Gasteiger partial charge on any atom is 0.263 e. The van der Waals surface area contributed by atoms with E-state index in [1.807, 2.05) is 27.3 Å². The Morgan fingerprint density at radius 1 is 0.938 bits per heavy atom. The fourth-order valence-electron chi connectivity index (χ4n) is 4.55. The lowest BCUT2D eigenvalue weighted by Gasteiger charge is -2.38. The van der Waals surface area contributed by atoms with Gasteiger partial charge in [-0.05, 0) is 61.6 Å². The van der Waals surface area contributed by atoms with Crippen LogP contribution in [0.2, 0.25) is 0 Å². The van der Waals surface area contributed by atoms with Crippen molar-refractivity contribution in [3.63, 3.8) is 0 Å². The molecule has 2 aliphatic heterocycles. The van der Waals surface area contributed by atoms with E-state index in [0.717, 1.165) is 19.3 Å². The summed E-state index contributed by atoms with van der Waals surface area (Å²) in [5.74, 6) is -1.38. The SMILES string of the molecule is O=C(NC(C(=O)N1CCCCC1)C1CCN(C(=O)c2cccs2)CC1)c1ccccc1F. The van der Waals surface area contributed by atoms with Crippen LogP contribution in [0.3, 0.4) is 0 Å². The molecule has 32 heavy (non-hydrogen) atoms. The average Bonchev–Trinajstić information content (AvgIpc) is 3.37. The van der Waals surface area contributed by atoms with E-state index in [1.54, 1.807) is 6.07 Å². The number of carbonyl (C=O) groups excluding carboxylic acids is 3. The van der Waals surface area contributed by atoms with Crippen molar-refractivity contribution < 1.29 is 18.8 Å². The van der Waals surface area contributed by atoms with Crippen LogP contribution in [0, 0.1) is 11.7 Å². The van der Waals surface area contributed by atoms with Crippen LogP contribution in [0.1, 0.15) is 52.1 Å². The number of carbonyl (C=O) groups is 3. The van der Waals surface area contributed by atoms with Gasteiger partial charge in [-0.2, -0.15) is 0 Å². The minimum Gasteiger partial charge on any atom is -0.341 e. The molecule has 0 spiro atoms. The summed E-state index contributed by atoms with van der Waals surface area (Å²) in [6, 6.07) is 8.75. The highest BCUT2D eigenvalue weighted by Crippen LogP contribution is 2.26. The van der Waals surface area contributed by atoms with E-state index < -0.39 is 17.8 Å². The third kappa shape index (κ3) is 5.01. The van der Waals surface area contributed by atoms with Crippen molar-refractivity contribution in [3.8, 4) is 0 Å². The fourth-order valence-corrected chi connectivity index (χ4v) is 5.24. The van der Waals surface area contributed by atoms with Crippen LogP contribution in [0.5, 0.6) is 0 Å². The van der Waals surface area contributed by atoms with Gasteiger partial charge in [0.2, 0.25) is 5.91 Å². The Bertz CT molecular complexity index is 951. The number of nitrogens with one attached hydrogen (secondary N) is 1. The van der Waals surface area contributed by atoms with Crippen molar-refractivity contribution in [2.75, 3.05) is 26.2 Å². The van der Waals surface area contributed by atoms with Gasteiger partial charge >= 0.3 is 0 Å². The van der Waals surface area contributed by atoms with E-state index in [0.29, 0.717) is 43.9 Å². The molecule has 2 fully saturated rings. The van der Waals surface area contributed by atoms with Gasteiger partial charge in [0.25, 0.3) is 11.8 Å². The van der Waals surface area contributed by atoms with Gasteiger partial charge in [0.1, 0.15) is 11.9 Å². The van der Waals surface area contributed by atoms with Gasteiger partial charge < -0.3 is 15.1 Å². The Morgan fingerprint density at radius 3 is 2.31 bits per heavy atom. The quantitative estimate of drug-likeness (QED) is 0.747. The fraction of sp³-hybridized carbons (Fsp3) is 0.458. The number of piperidine rings is 2. The van der Waals surface area contributed by atoms with Crippen molar-refractivity contribution in [2.24, 2.45) is 5.92 Å². The lowest BCUT2D eigenvalue weighted by Crippen LogP contribution is -2.55. The molecule has 170 valence electrons. The van der Waals surface area contributed by atoms with E-state index in [4.69, 9.17) is 0 Å². The Balaban J connectivity index is 1.47. The summed E-state index contributed by atoms with van der Waals surface area (Å²) in [4.78, 5) is 43.2. The van der Waals surface area contributed by atoms with Gasteiger partial charge in [-0.3, -0.25) is 14.4 Å². The monoisotopic (exact) mass is 457 g/mol. The molecule has 1 unspecified atom stereocenters. The molecule has 2 aliphatic rings. The zero-order chi connectivity index (χ0) is 22.5. The van der Waals surface area contributed by atoms with Crippen LogP contribution < -0.4 is 5.32 Å². The third-order valence-electron chi connectivity index (χ3n) is 6.37. The van der Waals surface area contributed by atoms with Gasteiger partial charge in [0.15, 0.2) is 0 Å². The Morgan fingerprint density at radius 2 is 1.66 bits per heavy atom. The van der Waals surface area contributed by atoms with Crippen molar-refractivity contribution >= 4 is 29.1 Å². The molecule has 2 saturated heterocycles. The number of thiophene rings is 1. The summed E-state index contributed by atoms with van der Waals surface area (Å²) in [6.07, 6.45) is 4.22. The minimum atomic E-state index is -0.723. The van der Waals surface area contributed by atoms with Gasteiger partial charge in [0.05, 0.1) is 10.4 Å². The zero-order valence-corrected chi connectivity index (χ0v) is 18.8. The molecule has 4 rings (SSSR count). The lowest BCUT2D eigenvalue weighted by atomic mass is 9.87. The maximum atomic E-state index is 14.2. The smallest absolute Gasteiger partial charge is 0.263 e. The first-order valence-corrected chi connectivity index (χ1v) is 12.1. The topological polar surface area (TPSA) is 69.7 Å². The zero-order valence-electron chi connectivity index (χ0n) is 18.0. The molecule has 1 aromatic heterocycles. The first-order chi connectivity index (χ1) is 15.5.